The molecule has 4 heterocycles. The van der Waals surface area contributed by atoms with Gasteiger partial charge in [-0.2, -0.15) is 0 Å². The van der Waals surface area contributed by atoms with Crippen LogP contribution in [0.5, 0.6) is 5.88 Å². The van der Waals surface area contributed by atoms with E-state index >= 15 is 0 Å². The maximum absolute atomic E-state index is 6.08. The fourth-order valence-electron chi connectivity index (χ4n) is 3.65. The number of aromatic nitrogens is 3. The van der Waals surface area contributed by atoms with E-state index in [-0.39, 0.29) is 11.7 Å². The summed E-state index contributed by atoms with van der Waals surface area (Å²) in [5, 5.41) is 4.02. The molecule has 2 aliphatic heterocycles. The van der Waals surface area contributed by atoms with Crippen LogP contribution in [0.15, 0.2) is 23.1 Å². The Morgan fingerprint density at radius 1 is 1.33 bits per heavy atom. The minimum Gasteiger partial charge on any atom is -0.473 e. The summed E-state index contributed by atoms with van der Waals surface area (Å²) in [6.07, 6.45) is 6.88. The molecule has 7 heteroatoms. The van der Waals surface area contributed by atoms with Crippen LogP contribution in [0.2, 0.25) is 0 Å². The minimum absolute atomic E-state index is 0.0932. The zero-order valence-electron chi connectivity index (χ0n) is 14.1. The van der Waals surface area contributed by atoms with Gasteiger partial charge in [-0.1, -0.05) is 5.16 Å². The molecule has 24 heavy (non-hydrogen) atoms. The van der Waals surface area contributed by atoms with Gasteiger partial charge in [-0.3, -0.25) is 9.88 Å². The molecular formula is C17H22N4O3. The maximum Gasteiger partial charge on any atom is 0.232 e. The van der Waals surface area contributed by atoms with E-state index in [4.69, 9.17) is 14.0 Å². The van der Waals surface area contributed by atoms with E-state index in [2.05, 4.69) is 20.0 Å². The molecule has 2 aliphatic rings. The molecule has 0 unspecified atom stereocenters. The van der Waals surface area contributed by atoms with Crippen LogP contribution in [-0.4, -0.2) is 51.4 Å². The number of rotatable bonds is 4. The van der Waals surface area contributed by atoms with Crippen molar-refractivity contribution in [3.8, 4) is 5.88 Å². The van der Waals surface area contributed by atoms with Crippen molar-refractivity contribution in [2.24, 2.45) is 0 Å². The van der Waals surface area contributed by atoms with Crippen molar-refractivity contribution >= 4 is 0 Å². The lowest BCUT2D eigenvalue weighted by molar-refractivity contribution is -0.188. The summed E-state index contributed by atoms with van der Waals surface area (Å²) in [6.45, 7) is 7.37. The van der Waals surface area contributed by atoms with Gasteiger partial charge in [-0.05, 0) is 13.8 Å². The van der Waals surface area contributed by atoms with E-state index < -0.39 is 0 Å². The lowest BCUT2D eigenvalue weighted by Crippen LogP contribution is -2.65. The number of aryl methyl sites for hydroxylation is 2. The van der Waals surface area contributed by atoms with Crippen LogP contribution in [0.1, 0.15) is 29.9 Å². The minimum atomic E-state index is -0.0932. The molecule has 7 nitrogen and oxygen atoms in total. The highest BCUT2D eigenvalue weighted by atomic mass is 16.5. The highest BCUT2D eigenvalue weighted by Gasteiger charge is 2.48. The van der Waals surface area contributed by atoms with E-state index in [0.717, 1.165) is 50.5 Å². The molecule has 0 aromatic carbocycles. The molecule has 2 saturated heterocycles. The Kier molecular flexibility index (Phi) is 3.97. The summed E-state index contributed by atoms with van der Waals surface area (Å²) in [7, 11) is 0. The van der Waals surface area contributed by atoms with Crippen molar-refractivity contribution in [2.75, 3.05) is 19.7 Å². The number of hydrogen-bond donors (Lipinski definition) is 0. The van der Waals surface area contributed by atoms with Gasteiger partial charge in [0.2, 0.25) is 5.88 Å². The molecule has 0 amide bonds. The molecule has 2 aromatic rings. The van der Waals surface area contributed by atoms with Crippen molar-refractivity contribution in [3.63, 3.8) is 0 Å². The molecule has 0 aliphatic carbocycles. The van der Waals surface area contributed by atoms with Crippen LogP contribution >= 0.6 is 0 Å². The SMILES string of the molecule is Cc1noc(C)c1CN1CC2(C[C@@H](Oc3cnccn3)CCO2)C1. The largest absolute Gasteiger partial charge is 0.473 e. The Morgan fingerprint density at radius 2 is 2.21 bits per heavy atom. The normalized spacial score (nSPS) is 23.2. The Hall–Kier alpha value is -1.99. The highest BCUT2D eigenvalue weighted by Crippen LogP contribution is 2.36. The Labute approximate surface area is 141 Å². The van der Waals surface area contributed by atoms with Crippen molar-refractivity contribution in [1.29, 1.82) is 0 Å². The van der Waals surface area contributed by atoms with Gasteiger partial charge in [0.15, 0.2) is 0 Å². The smallest absolute Gasteiger partial charge is 0.232 e. The lowest BCUT2D eigenvalue weighted by atomic mass is 9.84. The summed E-state index contributed by atoms with van der Waals surface area (Å²) in [6, 6.07) is 0. The van der Waals surface area contributed by atoms with Crippen LogP contribution in [0.4, 0.5) is 0 Å². The zero-order valence-corrected chi connectivity index (χ0v) is 14.1. The van der Waals surface area contributed by atoms with Crippen molar-refractivity contribution in [2.45, 2.75) is 44.9 Å². The first-order valence-electron chi connectivity index (χ1n) is 8.34. The van der Waals surface area contributed by atoms with Gasteiger partial charge in [0.1, 0.15) is 11.9 Å². The van der Waals surface area contributed by atoms with Crippen molar-refractivity contribution in [1.82, 2.24) is 20.0 Å². The highest BCUT2D eigenvalue weighted by molar-refractivity contribution is 5.21. The summed E-state index contributed by atoms with van der Waals surface area (Å²) >= 11 is 0. The third-order valence-corrected chi connectivity index (χ3v) is 4.86. The molecule has 2 fully saturated rings. The fourth-order valence-corrected chi connectivity index (χ4v) is 3.65. The average molecular weight is 330 g/mol. The Balaban J connectivity index is 1.34. The van der Waals surface area contributed by atoms with Crippen LogP contribution in [-0.2, 0) is 11.3 Å². The van der Waals surface area contributed by atoms with Gasteiger partial charge >= 0.3 is 0 Å². The molecule has 2 aromatic heterocycles. The average Bonchev–Trinajstić information content (AvgIpc) is 2.87. The van der Waals surface area contributed by atoms with Crippen molar-refractivity contribution in [3.05, 3.63) is 35.6 Å². The van der Waals surface area contributed by atoms with E-state index in [1.54, 1.807) is 18.6 Å². The first kappa shape index (κ1) is 15.5. The number of hydrogen-bond acceptors (Lipinski definition) is 7. The number of nitrogens with zero attached hydrogens (tertiary/aromatic N) is 4. The zero-order chi connectivity index (χ0) is 16.6. The molecular weight excluding hydrogens is 308 g/mol. The van der Waals surface area contributed by atoms with Gasteiger partial charge < -0.3 is 14.0 Å². The quantitative estimate of drug-likeness (QED) is 0.847. The second-order valence-corrected chi connectivity index (χ2v) is 6.76. The second-order valence-electron chi connectivity index (χ2n) is 6.76. The van der Waals surface area contributed by atoms with E-state index in [1.165, 1.54) is 5.56 Å². The van der Waals surface area contributed by atoms with E-state index in [0.29, 0.717) is 5.88 Å². The topological polar surface area (TPSA) is 73.5 Å². The van der Waals surface area contributed by atoms with Crippen LogP contribution < -0.4 is 4.74 Å². The van der Waals surface area contributed by atoms with Crippen molar-refractivity contribution < 1.29 is 14.0 Å². The third-order valence-electron chi connectivity index (χ3n) is 4.86. The lowest BCUT2D eigenvalue weighted by Gasteiger charge is -2.53. The van der Waals surface area contributed by atoms with Gasteiger partial charge in [-0.15, -0.1) is 0 Å². The number of likely N-dealkylation sites (tertiary alicyclic amines) is 1. The Morgan fingerprint density at radius 3 is 2.92 bits per heavy atom. The standard InChI is InChI=1S/C17H22N4O3/c1-12-15(13(2)24-20-12)9-21-10-17(11-21)7-14(3-6-22-17)23-16-8-18-4-5-19-16/h4-5,8,14H,3,6-7,9-11H2,1-2H3/t14-/m0/s1. The monoisotopic (exact) mass is 330 g/mol. The molecule has 128 valence electrons. The van der Waals surface area contributed by atoms with Gasteiger partial charge in [-0.25, -0.2) is 4.98 Å². The molecule has 0 N–H and O–H groups in total. The molecule has 0 radical (unpaired) electrons. The van der Waals surface area contributed by atoms with Crippen LogP contribution in [0.3, 0.4) is 0 Å². The van der Waals surface area contributed by atoms with E-state index in [9.17, 15) is 0 Å². The fraction of sp³-hybridized carbons (Fsp3) is 0.588. The van der Waals surface area contributed by atoms with Crippen LogP contribution in [0, 0.1) is 13.8 Å². The molecule has 4 rings (SSSR count). The third kappa shape index (κ3) is 3.01. The van der Waals surface area contributed by atoms with E-state index in [1.807, 2.05) is 13.8 Å². The number of ether oxygens (including phenoxy) is 2. The summed E-state index contributed by atoms with van der Waals surface area (Å²) < 4.78 is 17.3. The summed E-state index contributed by atoms with van der Waals surface area (Å²) in [5.74, 6) is 1.49. The predicted octanol–water partition coefficient (Wildman–Crippen LogP) is 1.89. The summed E-state index contributed by atoms with van der Waals surface area (Å²) in [4.78, 5) is 10.6. The second kappa shape index (κ2) is 6.14. The first-order valence-corrected chi connectivity index (χ1v) is 8.34. The molecule has 0 saturated carbocycles. The Bertz CT molecular complexity index is 678. The molecule has 1 atom stereocenters. The van der Waals surface area contributed by atoms with Crippen LogP contribution in [0.25, 0.3) is 0 Å². The molecule has 1 spiro atoms. The molecule has 0 bridgehead atoms. The summed E-state index contributed by atoms with van der Waals surface area (Å²) in [5.41, 5.74) is 2.07. The van der Waals surface area contributed by atoms with Gasteiger partial charge in [0.05, 0.1) is 24.1 Å². The predicted molar refractivity (Wildman–Crippen MR) is 85.6 cm³/mol. The first-order chi connectivity index (χ1) is 11.6. The van der Waals surface area contributed by atoms with Gasteiger partial charge in [0, 0.05) is 50.4 Å². The maximum atomic E-state index is 6.08. The van der Waals surface area contributed by atoms with Gasteiger partial charge in [0.25, 0.3) is 0 Å².